The zero-order chi connectivity index (χ0) is 13.7. The molecule has 5 nitrogen and oxygen atoms in total. The zero-order valence-corrected chi connectivity index (χ0v) is 10.7. The van der Waals surface area contributed by atoms with E-state index in [4.69, 9.17) is 9.78 Å². The van der Waals surface area contributed by atoms with Crippen molar-refractivity contribution in [2.45, 2.75) is 26.2 Å². The Morgan fingerprint density at radius 3 is 2.79 bits per heavy atom. The van der Waals surface area contributed by atoms with Crippen LogP contribution in [0.3, 0.4) is 0 Å². The van der Waals surface area contributed by atoms with E-state index in [1.54, 1.807) is 12.1 Å². The normalized spacial score (nSPS) is 12.0. The van der Waals surface area contributed by atoms with E-state index in [2.05, 4.69) is 16.2 Å². The molecule has 2 aromatic rings. The van der Waals surface area contributed by atoms with Gasteiger partial charge in [0.2, 0.25) is 5.89 Å². The van der Waals surface area contributed by atoms with Gasteiger partial charge in [-0.15, -0.1) is 0 Å². The molecule has 2 rings (SSSR count). The molecule has 1 heterocycles. The molecule has 0 saturated heterocycles. The van der Waals surface area contributed by atoms with Gasteiger partial charge in [-0.2, -0.15) is 10.2 Å². The van der Waals surface area contributed by atoms with Gasteiger partial charge in [0, 0.05) is 19.3 Å². The van der Waals surface area contributed by atoms with Crippen LogP contribution in [0.1, 0.15) is 30.6 Å². The quantitative estimate of drug-likeness (QED) is 0.889. The number of phenols is 1. The number of rotatable bonds is 5. The summed E-state index contributed by atoms with van der Waals surface area (Å²) < 4.78 is 5.16. The summed E-state index contributed by atoms with van der Waals surface area (Å²) in [6, 6.07) is 9.03. The van der Waals surface area contributed by atoms with Gasteiger partial charge in [0.1, 0.15) is 5.75 Å². The van der Waals surface area contributed by atoms with Gasteiger partial charge in [0.25, 0.3) is 0 Å². The largest absolute Gasteiger partial charge is 0.508 e. The van der Waals surface area contributed by atoms with Crippen molar-refractivity contribution in [2.75, 3.05) is 0 Å². The van der Waals surface area contributed by atoms with Crippen LogP contribution < -0.4 is 0 Å². The monoisotopic (exact) mass is 257 g/mol. The molecule has 5 heteroatoms. The number of hydrogen-bond acceptors (Lipinski definition) is 5. The highest BCUT2D eigenvalue weighted by molar-refractivity contribution is 5.27. The Morgan fingerprint density at radius 2 is 2.11 bits per heavy atom. The predicted octanol–water partition coefficient (Wildman–Crippen LogP) is 2.46. The second-order valence-corrected chi connectivity index (χ2v) is 4.62. The van der Waals surface area contributed by atoms with Crippen LogP contribution in [0.25, 0.3) is 0 Å². The van der Waals surface area contributed by atoms with E-state index in [1.807, 2.05) is 19.1 Å². The van der Waals surface area contributed by atoms with E-state index >= 15 is 0 Å². The summed E-state index contributed by atoms with van der Waals surface area (Å²) in [6.45, 7) is 1.98. The van der Waals surface area contributed by atoms with Crippen LogP contribution in [-0.4, -0.2) is 15.2 Å². The number of benzene rings is 1. The Balaban J connectivity index is 1.97. The van der Waals surface area contributed by atoms with Crippen LogP contribution in [-0.2, 0) is 12.8 Å². The molecular formula is C14H15N3O2. The summed E-state index contributed by atoms with van der Waals surface area (Å²) in [5.74, 6) is 1.64. The smallest absolute Gasteiger partial charge is 0.226 e. The lowest BCUT2D eigenvalue weighted by molar-refractivity contribution is 0.355. The maximum Gasteiger partial charge on any atom is 0.226 e. The lowest BCUT2D eigenvalue weighted by Crippen LogP contribution is -1.99. The topological polar surface area (TPSA) is 82.9 Å². The first kappa shape index (κ1) is 13.1. The summed E-state index contributed by atoms with van der Waals surface area (Å²) in [5.41, 5.74) is 1.01. The fourth-order valence-corrected chi connectivity index (χ4v) is 1.77. The average molecular weight is 257 g/mol. The molecule has 98 valence electrons. The highest BCUT2D eigenvalue weighted by Gasteiger charge is 2.11. The van der Waals surface area contributed by atoms with E-state index in [0.29, 0.717) is 31.0 Å². The van der Waals surface area contributed by atoms with E-state index in [1.165, 1.54) is 0 Å². The summed E-state index contributed by atoms with van der Waals surface area (Å²) >= 11 is 0. The number of aromatic nitrogens is 2. The molecule has 1 unspecified atom stereocenters. The molecule has 1 N–H and O–H groups in total. The Kier molecular flexibility index (Phi) is 4.14. The SMILES string of the molecule is CC(CC#N)Cc1nc(Cc2ccc(O)cc2)no1. The van der Waals surface area contributed by atoms with E-state index in [-0.39, 0.29) is 11.7 Å². The molecule has 0 aliphatic heterocycles. The molecular weight excluding hydrogens is 242 g/mol. The molecule has 0 bridgehead atoms. The van der Waals surface area contributed by atoms with Gasteiger partial charge >= 0.3 is 0 Å². The van der Waals surface area contributed by atoms with Crippen molar-refractivity contribution in [2.24, 2.45) is 5.92 Å². The van der Waals surface area contributed by atoms with Crippen molar-refractivity contribution < 1.29 is 9.63 Å². The Labute approximate surface area is 111 Å². The maximum atomic E-state index is 9.20. The van der Waals surface area contributed by atoms with Crippen molar-refractivity contribution in [1.82, 2.24) is 10.1 Å². The lowest BCUT2D eigenvalue weighted by Gasteiger charge is -2.00. The first-order valence-corrected chi connectivity index (χ1v) is 6.13. The van der Waals surface area contributed by atoms with Gasteiger partial charge in [0.15, 0.2) is 5.82 Å². The second-order valence-electron chi connectivity index (χ2n) is 4.62. The van der Waals surface area contributed by atoms with Crippen LogP contribution in [0.4, 0.5) is 0 Å². The zero-order valence-electron chi connectivity index (χ0n) is 10.7. The number of nitrogens with zero attached hydrogens (tertiary/aromatic N) is 3. The lowest BCUT2D eigenvalue weighted by atomic mass is 10.1. The Morgan fingerprint density at radius 1 is 1.37 bits per heavy atom. The summed E-state index contributed by atoms with van der Waals surface area (Å²) in [6.07, 6.45) is 1.67. The van der Waals surface area contributed by atoms with Gasteiger partial charge in [-0.3, -0.25) is 0 Å². The Bertz CT molecular complexity index is 569. The summed E-state index contributed by atoms with van der Waals surface area (Å²) in [4.78, 5) is 4.30. The van der Waals surface area contributed by atoms with Crippen LogP contribution in [0.2, 0.25) is 0 Å². The van der Waals surface area contributed by atoms with Crippen LogP contribution >= 0.6 is 0 Å². The van der Waals surface area contributed by atoms with Crippen LogP contribution in [0.15, 0.2) is 28.8 Å². The number of nitriles is 1. The molecule has 1 aromatic carbocycles. The van der Waals surface area contributed by atoms with Gasteiger partial charge < -0.3 is 9.63 Å². The van der Waals surface area contributed by atoms with E-state index in [0.717, 1.165) is 5.56 Å². The number of hydrogen-bond donors (Lipinski definition) is 1. The van der Waals surface area contributed by atoms with E-state index < -0.39 is 0 Å². The molecule has 0 aliphatic rings. The second kappa shape index (κ2) is 6.01. The molecule has 19 heavy (non-hydrogen) atoms. The summed E-state index contributed by atoms with van der Waals surface area (Å²) in [5, 5.41) is 21.7. The first-order valence-electron chi connectivity index (χ1n) is 6.13. The van der Waals surface area contributed by atoms with Gasteiger partial charge in [-0.1, -0.05) is 24.2 Å². The Hall–Kier alpha value is -2.35. The fourth-order valence-electron chi connectivity index (χ4n) is 1.77. The van der Waals surface area contributed by atoms with Crippen molar-refractivity contribution in [3.63, 3.8) is 0 Å². The van der Waals surface area contributed by atoms with Crippen LogP contribution in [0, 0.1) is 17.2 Å². The highest BCUT2D eigenvalue weighted by atomic mass is 16.5. The minimum Gasteiger partial charge on any atom is -0.508 e. The summed E-state index contributed by atoms with van der Waals surface area (Å²) in [7, 11) is 0. The predicted molar refractivity (Wildman–Crippen MR) is 68.3 cm³/mol. The number of aromatic hydroxyl groups is 1. The third kappa shape index (κ3) is 3.81. The minimum atomic E-state index is 0.215. The van der Waals surface area contributed by atoms with Crippen LogP contribution in [0.5, 0.6) is 5.75 Å². The molecule has 1 atom stereocenters. The highest BCUT2D eigenvalue weighted by Crippen LogP contribution is 2.14. The van der Waals surface area contributed by atoms with Crippen molar-refractivity contribution in [1.29, 1.82) is 5.26 Å². The molecule has 0 fully saturated rings. The van der Waals surface area contributed by atoms with Gasteiger partial charge in [-0.05, 0) is 23.6 Å². The molecule has 0 amide bonds. The van der Waals surface area contributed by atoms with Gasteiger partial charge in [0.05, 0.1) is 6.07 Å². The molecule has 0 radical (unpaired) electrons. The first-order chi connectivity index (χ1) is 9.17. The molecule has 0 spiro atoms. The van der Waals surface area contributed by atoms with Crippen molar-refractivity contribution in [3.8, 4) is 11.8 Å². The molecule has 1 aromatic heterocycles. The van der Waals surface area contributed by atoms with E-state index in [9.17, 15) is 5.11 Å². The molecule has 0 aliphatic carbocycles. The fraction of sp³-hybridized carbons (Fsp3) is 0.357. The van der Waals surface area contributed by atoms with Crippen molar-refractivity contribution in [3.05, 3.63) is 41.5 Å². The van der Waals surface area contributed by atoms with Gasteiger partial charge in [-0.25, -0.2) is 0 Å². The number of phenolic OH excluding ortho intramolecular Hbond substituents is 1. The standard InChI is InChI=1S/C14H15N3O2/c1-10(6-7-15)8-14-16-13(17-19-14)9-11-2-4-12(18)5-3-11/h2-5,10,18H,6,8-9H2,1H3. The molecule has 0 saturated carbocycles. The minimum absolute atomic E-state index is 0.215. The maximum absolute atomic E-state index is 9.20. The van der Waals surface area contributed by atoms with Crippen molar-refractivity contribution >= 4 is 0 Å². The average Bonchev–Trinajstić information content (AvgIpc) is 2.80. The third-order valence-corrected chi connectivity index (χ3v) is 2.77. The third-order valence-electron chi connectivity index (χ3n) is 2.77.